The predicted molar refractivity (Wildman–Crippen MR) is 118 cm³/mol. The Morgan fingerprint density at radius 2 is 1.91 bits per heavy atom. The molecular weight excluding hydrogens is 435 g/mol. The van der Waals surface area contributed by atoms with Gasteiger partial charge in [0.2, 0.25) is 0 Å². The second-order valence-corrected chi connectivity index (χ2v) is 7.84. The summed E-state index contributed by atoms with van der Waals surface area (Å²) in [6.45, 7) is 3.09. The standard InChI is InChI=1S/C24H22F3N3O3/c1-15-2-3-17(13-28-15)21-12-16(4-9-22(21)30-11-10-19(31)14-30)23(32)29-18-5-7-20(8-6-18)33-24(25,26)27/h2-9,12-13,19,31H,10-11,14H2,1H3,(H,29,32). The van der Waals surface area contributed by atoms with Crippen LogP contribution in [0.15, 0.2) is 60.8 Å². The molecule has 1 aromatic heterocycles. The van der Waals surface area contributed by atoms with Crippen molar-refractivity contribution in [3.8, 4) is 16.9 Å². The number of ether oxygens (including phenoxy) is 1. The maximum atomic E-state index is 12.9. The van der Waals surface area contributed by atoms with E-state index in [1.807, 2.05) is 25.1 Å². The number of pyridine rings is 1. The Hall–Kier alpha value is -3.59. The number of halogens is 3. The Kier molecular flexibility index (Phi) is 6.24. The quantitative estimate of drug-likeness (QED) is 0.577. The van der Waals surface area contributed by atoms with Crippen molar-refractivity contribution in [1.29, 1.82) is 0 Å². The van der Waals surface area contributed by atoms with E-state index in [4.69, 9.17) is 0 Å². The molecule has 1 atom stereocenters. The number of carbonyl (C=O) groups is 1. The number of hydrogen-bond acceptors (Lipinski definition) is 5. The number of nitrogens with one attached hydrogen (secondary N) is 1. The molecule has 33 heavy (non-hydrogen) atoms. The average molecular weight is 457 g/mol. The Labute approximate surface area is 188 Å². The van der Waals surface area contributed by atoms with Crippen molar-refractivity contribution >= 4 is 17.3 Å². The van der Waals surface area contributed by atoms with Gasteiger partial charge in [0.1, 0.15) is 5.75 Å². The number of aliphatic hydroxyl groups excluding tert-OH is 1. The maximum Gasteiger partial charge on any atom is 0.573 e. The minimum absolute atomic E-state index is 0.333. The van der Waals surface area contributed by atoms with Crippen LogP contribution in [0.1, 0.15) is 22.5 Å². The van der Waals surface area contributed by atoms with Crippen LogP contribution in [-0.2, 0) is 0 Å². The molecule has 1 saturated heterocycles. The highest BCUT2D eigenvalue weighted by molar-refractivity contribution is 6.05. The van der Waals surface area contributed by atoms with Gasteiger partial charge in [-0.25, -0.2) is 0 Å². The van der Waals surface area contributed by atoms with Gasteiger partial charge in [-0.3, -0.25) is 9.78 Å². The minimum Gasteiger partial charge on any atom is -0.406 e. The van der Waals surface area contributed by atoms with Crippen LogP contribution in [0.25, 0.3) is 11.1 Å². The predicted octanol–water partition coefficient (Wildman–Crippen LogP) is 4.78. The van der Waals surface area contributed by atoms with Crippen molar-refractivity contribution in [2.24, 2.45) is 0 Å². The summed E-state index contributed by atoms with van der Waals surface area (Å²) in [5.41, 5.74) is 4.11. The molecule has 3 aromatic rings. The summed E-state index contributed by atoms with van der Waals surface area (Å²) in [6, 6.07) is 14.0. The highest BCUT2D eigenvalue weighted by Crippen LogP contribution is 2.34. The zero-order chi connectivity index (χ0) is 23.6. The van der Waals surface area contributed by atoms with Crippen molar-refractivity contribution < 1.29 is 27.8 Å². The SMILES string of the molecule is Cc1ccc(-c2cc(C(=O)Nc3ccc(OC(F)(F)F)cc3)ccc2N2CCC(O)C2)cn1. The third-order valence-electron chi connectivity index (χ3n) is 5.33. The molecule has 4 rings (SSSR count). The minimum atomic E-state index is -4.78. The summed E-state index contributed by atoms with van der Waals surface area (Å²) < 4.78 is 40.8. The highest BCUT2D eigenvalue weighted by atomic mass is 19.4. The van der Waals surface area contributed by atoms with Gasteiger partial charge in [0.05, 0.1) is 6.10 Å². The van der Waals surface area contributed by atoms with Crippen LogP contribution in [0.5, 0.6) is 5.75 Å². The van der Waals surface area contributed by atoms with E-state index in [0.717, 1.165) is 34.6 Å². The molecule has 6 nitrogen and oxygen atoms in total. The first-order chi connectivity index (χ1) is 15.7. The third kappa shape index (κ3) is 5.61. The Morgan fingerprint density at radius 3 is 2.52 bits per heavy atom. The first kappa shape index (κ1) is 22.6. The summed E-state index contributed by atoms with van der Waals surface area (Å²) in [6.07, 6.45) is -2.77. The first-order valence-electron chi connectivity index (χ1n) is 10.4. The van der Waals surface area contributed by atoms with Crippen molar-refractivity contribution in [3.63, 3.8) is 0 Å². The zero-order valence-electron chi connectivity index (χ0n) is 17.8. The number of benzene rings is 2. The number of aryl methyl sites for hydroxylation is 1. The van der Waals surface area contributed by atoms with E-state index in [9.17, 15) is 23.1 Å². The van der Waals surface area contributed by atoms with Crippen molar-refractivity contribution in [2.75, 3.05) is 23.3 Å². The largest absolute Gasteiger partial charge is 0.573 e. The van der Waals surface area contributed by atoms with Crippen LogP contribution in [0.4, 0.5) is 24.5 Å². The first-order valence-corrected chi connectivity index (χ1v) is 10.4. The fraction of sp³-hybridized carbons (Fsp3) is 0.250. The number of aliphatic hydroxyl groups is 1. The number of β-amino-alcohol motifs (C(OH)–C–C–N with tert-alkyl or cyclic N) is 1. The molecule has 1 amide bonds. The van der Waals surface area contributed by atoms with E-state index in [0.29, 0.717) is 30.8 Å². The maximum absolute atomic E-state index is 12.9. The number of amides is 1. The van der Waals surface area contributed by atoms with Crippen molar-refractivity contribution in [2.45, 2.75) is 25.8 Å². The summed E-state index contributed by atoms with van der Waals surface area (Å²) in [7, 11) is 0. The van der Waals surface area contributed by atoms with Crippen LogP contribution in [0, 0.1) is 6.92 Å². The number of rotatable bonds is 5. The third-order valence-corrected chi connectivity index (χ3v) is 5.33. The van der Waals surface area contributed by atoms with Gasteiger partial charge >= 0.3 is 6.36 Å². The van der Waals surface area contributed by atoms with Gasteiger partial charge in [-0.1, -0.05) is 6.07 Å². The average Bonchev–Trinajstić information content (AvgIpc) is 3.20. The van der Waals surface area contributed by atoms with Crippen molar-refractivity contribution in [3.05, 3.63) is 72.1 Å². The molecule has 0 saturated carbocycles. The molecule has 0 spiro atoms. The normalized spacial score (nSPS) is 16.0. The van der Waals surface area contributed by atoms with E-state index in [1.54, 1.807) is 18.3 Å². The lowest BCUT2D eigenvalue weighted by atomic mass is 10.0. The number of hydrogen-bond donors (Lipinski definition) is 2. The van der Waals surface area contributed by atoms with Crippen LogP contribution in [0.3, 0.4) is 0 Å². The number of aromatic nitrogens is 1. The lowest BCUT2D eigenvalue weighted by Gasteiger charge is -2.22. The van der Waals surface area contributed by atoms with Crippen LogP contribution in [-0.4, -0.2) is 41.6 Å². The van der Waals surface area contributed by atoms with Gasteiger partial charge in [-0.15, -0.1) is 13.2 Å². The molecule has 9 heteroatoms. The van der Waals surface area contributed by atoms with Gasteiger partial charge < -0.3 is 20.1 Å². The van der Waals surface area contributed by atoms with E-state index in [2.05, 4.69) is 19.9 Å². The molecule has 2 N–H and O–H groups in total. The van der Waals surface area contributed by atoms with E-state index < -0.39 is 18.4 Å². The highest BCUT2D eigenvalue weighted by Gasteiger charge is 2.31. The van der Waals surface area contributed by atoms with Gasteiger partial charge in [0, 0.05) is 53.0 Å². The molecule has 172 valence electrons. The fourth-order valence-corrected chi connectivity index (χ4v) is 3.72. The smallest absolute Gasteiger partial charge is 0.406 e. The summed E-state index contributed by atoms with van der Waals surface area (Å²) in [5, 5.41) is 12.6. The summed E-state index contributed by atoms with van der Waals surface area (Å²) >= 11 is 0. The van der Waals surface area contributed by atoms with E-state index >= 15 is 0 Å². The Balaban J connectivity index is 1.59. The number of nitrogens with zero attached hydrogens (tertiary/aromatic N) is 2. The van der Waals surface area contributed by atoms with Gasteiger partial charge in [0.25, 0.3) is 5.91 Å². The van der Waals surface area contributed by atoms with Gasteiger partial charge in [-0.05, 0) is 61.9 Å². The van der Waals surface area contributed by atoms with E-state index in [1.165, 1.54) is 12.1 Å². The molecule has 2 heterocycles. The monoisotopic (exact) mass is 457 g/mol. The molecule has 1 aliphatic heterocycles. The van der Waals surface area contributed by atoms with Crippen LogP contribution >= 0.6 is 0 Å². The van der Waals surface area contributed by atoms with E-state index in [-0.39, 0.29) is 5.75 Å². The Morgan fingerprint density at radius 1 is 1.15 bits per heavy atom. The molecular formula is C24H22F3N3O3. The molecule has 0 bridgehead atoms. The van der Waals surface area contributed by atoms with Crippen LogP contribution in [0.2, 0.25) is 0 Å². The van der Waals surface area contributed by atoms with Crippen LogP contribution < -0.4 is 15.0 Å². The molecule has 1 aliphatic rings. The summed E-state index contributed by atoms with van der Waals surface area (Å²) in [4.78, 5) is 19.3. The topological polar surface area (TPSA) is 74.7 Å². The lowest BCUT2D eigenvalue weighted by Crippen LogP contribution is -2.22. The van der Waals surface area contributed by atoms with Crippen molar-refractivity contribution in [1.82, 2.24) is 4.98 Å². The molecule has 1 unspecified atom stereocenters. The second kappa shape index (κ2) is 9.11. The second-order valence-electron chi connectivity index (χ2n) is 7.84. The molecule has 2 aromatic carbocycles. The number of alkyl halides is 3. The number of carbonyl (C=O) groups excluding carboxylic acids is 1. The fourth-order valence-electron chi connectivity index (χ4n) is 3.72. The Bertz CT molecular complexity index is 1130. The molecule has 0 radical (unpaired) electrons. The number of anilines is 2. The summed E-state index contributed by atoms with van der Waals surface area (Å²) in [5.74, 6) is -0.777. The van der Waals surface area contributed by atoms with Gasteiger partial charge in [-0.2, -0.15) is 0 Å². The lowest BCUT2D eigenvalue weighted by molar-refractivity contribution is -0.274. The molecule has 1 fully saturated rings. The van der Waals surface area contributed by atoms with Gasteiger partial charge in [0.15, 0.2) is 0 Å². The molecule has 0 aliphatic carbocycles. The zero-order valence-corrected chi connectivity index (χ0v) is 17.8.